The molecule has 4 rings (SSSR count). The van der Waals surface area contributed by atoms with E-state index in [1.165, 1.54) is 4.80 Å². The number of hydrogen-bond acceptors (Lipinski definition) is 7. The molecule has 0 saturated heterocycles. The van der Waals surface area contributed by atoms with Crippen LogP contribution >= 0.6 is 11.6 Å². The normalized spacial score (nSPS) is 12.4. The number of carbonyl (C=O) groups is 2. The van der Waals surface area contributed by atoms with Crippen LogP contribution in [-0.4, -0.2) is 51.8 Å². The third-order valence-corrected chi connectivity index (χ3v) is 6.63. The summed E-state index contributed by atoms with van der Waals surface area (Å²) in [5.41, 5.74) is 3.99. The summed E-state index contributed by atoms with van der Waals surface area (Å²) < 4.78 is 10.4. The molecule has 40 heavy (non-hydrogen) atoms. The molecule has 1 unspecified atom stereocenters. The van der Waals surface area contributed by atoms with Crippen LogP contribution in [0.1, 0.15) is 42.0 Å². The van der Waals surface area contributed by atoms with Crippen LogP contribution in [0.3, 0.4) is 0 Å². The lowest BCUT2D eigenvalue weighted by Gasteiger charge is -2.21. The highest BCUT2D eigenvalue weighted by Crippen LogP contribution is 2.24. The minimum Gasteiger partial charge on any atom is -0.497 e. The van der Waals surface area contributed by atoms with Crippen molar-refractivity contribution in [2.24, 2.45) is 5.92 Å². The van der Waals surface area contributed by atoms with E-state index in [1.54, 1.807) is 21.0 Å². The highest BCUT2D eigenvalue weighted by atomic mass is 35.5. The van der Waals surface area contributed by atoms with Crippen molar-refractivity contribution in [3.05, 3.63) is 94.8 Å². The summed E-state index contributed by atoms with van der Waals surface area (Å²) in [7, 11) is 1.61. The Balaban J connectivity index is 1.45. The molecule has 208 valence electrons. The number of aromatic nitrogens is 4. The Morgan fingerprint density at radius 2 is 1.73 bits per heavy atom. The van der Waals surface area contributed by atoms with E-state index in [0.717, 1.165) is 28.0 Å². The second kappa shape index (κ2) is 13.7. The number of methoxy groups -OCH3 is 1. The summed E-state index contributed by atoms with van der Waals surface area (Å²) in [6, 6.07) is 22.8. The van der Waals surface area contributed by atoms with Crippen molar-refractivity contribution < 1.29 is 19.1 Å². The van der Waals surface area contributed by atoms with Crippen molar-refractivity contribution in [3.63, 3.8) is 0 Å². The van der Waals surface area contributed by atoms with Crippen LogP contribution < -0.4 is 10.1 Å². The van der Waals surface area contributed by atoms with Crippen molar-refractivity contribution >= 4 is 23.5 Å². The second-order valence-corrected chi connectivity index (χ2v) is 9.90. The SMILES string of the molecule is CCOC(=O)C(C)C[C@@H](Cc1ccc(-c2cccc(Cl)c2)cc1)NC(=O)c1nnn(Cc2ccc(OC)cc2)n1. The van der Waals surface area contributed by atoms with E-state index in [0.29, 0.717) is 31.0 Å². The number of ether oxygens (including phenoxy) is 2. The number of tetrazole rings is 1. The van der Waals surface area contributed by atoms with Gasteiger partial charge in [0.05, 0.1) is 26.2 Å². The standard InChI is InChI=1S/C30H32ClN5O4/c1-4-40-30(38)20(2)16-26(17-21-8-12-23(13-9-21)24-6-5-7-25(31)18-24)32-29(37)28-33-35-36(34-28)19-22-10-14-27(39-3)15-11-22/h5-15,18,20,26H,4,16-17,19H2,1-3H3,(H,32,37)/t20?,26-/m0/s1. The van der Waals surface area contributed by atoms with Gasteiger partial charge in [-0.2, -0.15) is 4.80 Å². The summed E-state index contributed by atoms with van der Waals surface area (Å²) in [6.45, 7) is 4.22. The Labute approximate surface area is 238 Å². The van der Waals surface area contributed by atoms with Crippen LogP contribution in [0, 0.1) is 5.92 Å². The molecule has 1 aromatic heterocycles. The molecule has 10 heteroatoms. The molecule has 0 radical (unpaired) electrons. The van der Waals surface area contributed by atoms with Crippen LogP contribution in [0.4, 0.5) is 0 Å². The van der Waals surface area contributed by atoms with Crippen molar-refractivity contribution in [1.82, 2.24) is 25.5 Å². The van der Waals surface area contributed by atoms with Crippen LogP contribution in [0.25, 0.3) is 11.1 Å². The first-order valence-corrected chi connectivity index (χ1v) is 13.5. The predicted octanol–water partition coefficient (Wildman–Crippen LogP) is 4.98. The summed E-state index contributed by atoms with van der Waals surface area (Å²) in [6.07, 6.45) is 0.895. The Morgan fingerprint density at radius 1 is 1.00 bits per heavy atom. The lowest BCUT2D eigenvalue weighted by Crippen LogP contribution is -2.39. The van der Waals surface area contributed by atoms with Crippen molar-refractivity contribution in [3.8, 4) is 16.9 Å². The van der Waals surface area contributed by atoms with Gasteiger partial charge in [-0.05, 0) is 71.5 Å². The van der Waals surface area contributed by atoms with Gasteiger partial charge >= 0.3 is 5.97 Å². The van der Waals surface area contributed by atoms with E-state index in [2.05, 4.69) is 20.7 Å². The number of hydrogen-bond donors (Lipinski definition) is 1. The van der Waals surface area contributed by atoms with Gasteiger partial charge < -0.3 is 14.8 Å². The second-order valence-electron chi connectivity index (χ2n) is 9.46. The molecule has 1 amide bonds. The van der Waals surface area contributed by atoms with Gasteiger partial charge in [0.25, 0.3) is 11.7 Å². The van der Waals surface area contributed by atoms with Crippen molar-refractivity contribution in [2.75, 3.05) is 13.7 Å². The number of amides is 1. The molecule has 0 aliphatic rings. The number of halogens is 1. The Bertz CT molecular complexity index is 1420. The van der Waals surface area contributed by atoms with E-state index >= 15 is 0 Å². The maximum atomic E-state index is 13.1. The lowest BCUT2D eigenvalue weighted by atomic mass is 9.95. The summed E-state index contributed by atoms with van der Waals surface area (Å²) in [4.78, 5) is 26.8. The molecule has 1 N–H and O–H groups in total. The fraction of sp³-hybridized carbons (Fsp3) is 0.300. The van der Waals surface area contributed by atoms with Crippen LogP contribution in [0.2, 0.25) is 5.02 Å². The first-order valence-electron chi connectivity index (χ1n) is 13.1. The lowest BCUT2D eigenvalue weighted by molar-refractivity contribution is -0.147. The van der Waals surface area contributed by atoms with E-state index in [-0.39, 0.29) is 17.8 Å². The number of benzene rings is 3. The molecule has 2 atom stereocenters. The molecule has 9 nitrogen and oxygen atoms in total. The van der Waals surface area contributed by atoms with Gasteiger partial charge in [0.1, 0.15) is 5.75 Å². The highest BCUT2D eigenvalue weighted by Gasteiger charge is 2.24. The third-order valence-electron chi connectivity index (χ3n) is 6.40. The number of carbonyl (C=O) groups excluding carboxylic acids is 2. The van der Waals surface area contributed by atoms with Crippen LogP contribution in [0.5, 0.6) is 5.75 Å². The fourth-order valence-corrected chi connectivity index (χ4v) is 4.52. The minimum absolute atomic E-state index is 0.0430. The minimum atomic E-state index is -0.461. The van der Waals surface area contributed by atoms with Gasteiger partial charge in [0.15, 0.2) is 0 Å². The van der Waals surface area contributed by atoms with Gasteiger partial charge in [-0.25, -0.2) is 0 Å². The third kappa shape index (κ3) is 7.89. The molecule has 0 bridgehead atoms. The Morgan fingerprint density at radius 3 is 2.40 bits per heavy atom. The number of esters is 1. The fourth-order valence-electron chi connectivity index (χ4n) is 4.33. The number of nitrogens with zero attached hydrogens (tertiary/aromatic N) is 4. The van der Waals surface area contributed by atoms with Crippen molar-refractivity contribution in [2.45, 2.75) is 39.3 Å². The molecule has 4 aromatic rings. The maximum Gasteiger partial charge on any atom is 0.308 e. The first kappa shape index (κ1) is 28.8. The van der Waals surface area contributed by atoms with Gasteiger partial charge in [0, 0.05) is 11.1 Å². The highest BCUT2D eigenvalue weighted by molar-refractivity contribution is 6.30. The summed E-state index contributed by atoms with van der Waals surface area (Å²) in [5.74, 6) is -0.468. The average Bonchev–Trinajstić information content (AvgIpc) is 3.42. The van der Waals surface area contributed by atoms with Gasteiger partial charge in [-0.15, -0.1) is 10.2 Å². The predicted molar refractivity (Wildman–Crippen MR) is 152 cm³/mol. The van der Waals surface area contributed by atoms with Crippen molar-refractivity contribution in [1.29, 1.82) is 0 Å². The molecular weight excluding hydrogens is 530 g/mol. The van der Waals surface area contributed by atoms with E-state index in [1.807, 2.05) is 72.8 Å². The molecular formula is C30H32ClN5O4. The molecule has 0 aliphatic heterocycles. The van der Waals surface area contributed by atoms with E-state index in [9.17, 15) is 9.59 Å². The number of rotatable bonds is 12. The molecule has 0 aliphatic carbocycles. The monoisotopic (exact) mass is 561 g/mol. The van der Waals surface area contributed by atoms with E-state index in [4.69, 9.17) is 21.1 Å². The smallest absolute Gasteiger partial charge is 0.308 e. The van der Waals surface area contributed by atoms with Gasteiger partial charge in [-0.3, -0.25) is 9.59 Å². The average molecular weight is 562 g/mol. The zero-order chi connectivity index (χ0) is 28.5. The Hall–Kier alpha value is -4.24. The first-order chi connectivity index (χ1) is 19.3. The topological polar surface area (TPSA) is 108 Å². The van der Waals surface area contributed by atoms with Gasteiger partial charge in [0.2, 0.25) is 0 Å². The molecule has 0 saturated carbocycles. The zero-order valence-electron chi connectivity index (χ0n) is 22.7. The van der Waals surface area contributed by atoms with Gasteiger partial charge in [-0.1, -0.05) is 67.1 Å². The Kier molecular flexibility index (Phi) is 9.86. The molecule has 1 heterocycles. The molecule has 0 spiro atoms. The molecule has 0 fully saturated rings. The van der Waals surface area contributed by atoms with E-state index < -0.39 is 11.8 Å². The summed E-state index contributed by atoms with van der Waals surface area (Å²) >= 11 is 6.14. The summed E-state index contributed by atoms with van der Waals surface area (Å²) in [5, 5.41) is 15.9. The largest absolute Gasteiger partial charge is 0.497 e. The zero-order valence-corrected chi connectivity index (χ0v) is 23.5. The maximum absolute atomic E-state index is 13.1. The molecule has 3 aromatic carbocycles. The quantitative estimate of drug-likeness (QED) is 0.243. The van der Waals surface area contributed by atoms with Crippen LogP contribution in [-0.2, 0) is 22.5 Å². The van der Waals surface area contributed by atoms with Crippen LogP contribution in [0.15, 0.2) is 72.8 Å². The number of nitrogens with one attached hydrogen (secondary N) is 1.